The van der Waals surface area contributed by atoms with Crippen molar-refractivity contribution >= 4 is 5.91 Å². The average Bonchev–Trinajstić information content (AvgIpc) is 2.45. The molecular weight excluding hydrogens is 246 g/mol. The maximum Gasteiger partial charge on any atom is 0.219 e. The summed E-state index contributed by atoms with van der Waals surface area (Å²) in [5.41, 5.74) is 0. The summed E-state index contributed by atoms with van der Waals surface area (Å²) in [6.45, 7) is 10.0. The van der Waals surface area contributed by atoms with Crippen molar-refractivity contribution in [3.8, 4) is 0 Å². The number of hydrogen-bond donors (Lipinski definition) is 1. The highest BCUT2D eigenvalue weighted by Crippen LogP contribution is 2.03. The van der Waals surface area contributed by atoms with Gasteiger partial charge in [0.25, 0.3) is 0 Å². The molecule has 0 aliphatic carbocycles. The van der Waals surface area contributed by atoms with E-state index in [2.05, 4.69) is 10.2 Å². The number of hydrogen-bond acceptors (Lipinski definition) is 5. The summed E-state index contributed by atoms with van der Waals surface area (Å²) in [7, 11) is 0. The molecule has 6 nitrogen and oxygen atoms in total. The van der Waals surface area contributed by atoms with Crippen LogP contribution in [0.4, 0.5) is 0 Å². The van der Waals surface area contributed by atoms with Crippen molar-refractivity contribution in [3.05, 3.63) is 0 Å². The summed E-state index contributed by atoms with van der Waals surface area (Å²) >= 11 is 0. The van der Waals surface area contributed by atoms with Crippen LogP contribution in [-0.2, 0) is 14.3 Å². The number of morpholine rings is 2. The van der Waals surface area contributed by atoms with E-state index in [1.807, 2.05) is 4.90 Å². The molecule has 0 spiro atoms. The summed E-state index contributed by atoms with van der Waals surface area (Å²) in [6.07, 6.45) is 0.127. The second-order valence-electron chi connectivity index (χ2n) is 5.12. The first-order valence-electron chi connectivity index (χ1n) is 7.13. The molecule has 0 saturated carbocycles. The van der Waals surface area contributed by atoms with Crippen molar-refractivity contribution in [1.82, 2.24) is 15.1 Å². The highest BCUT2D eigenvalue weighted by Gasteiger charge is 2.20. The SMILES string of the molecule is CC(=O)N(CCN1CCOCC1)CC1CNCCO1. The van der Waals surface area contributed by atoms with Gasteiger partial charge in [-0.1, -0.05) is 0 Å². The van der Waals surface area contributed by atoms with Gasteiger partial charge in [0.2, 0.25) is 5.91 Å². The first-order chi connectivity index (χ1) is 9.25. The van der Waals surface area contributed by atoms with Gasteiger partial charge in [-0.05, 0) is 0 Å². The first-order valence-corrected chi connectivity index (χ1v) is 7.13. The Kier molecular flexibility index (Phi) is 6.03. The van der Waals surface area contributed by atoms with Gasteiger partial charge in [-0.15, -0.1) is 0 Å². The molecule has 1 amide bonds. The molecule has 0 aromatic rings. The zero-order chi connectivity index (χ0) is 13.5. The van der Waals surface area contributed by atoms with E-state index in [9.17, 15) is 4.79 Å². The van der Waals surface area contributed by atoms with E-state index in [1.165, 1.54) is 0 Å². The summed E-state index contributed by atoms with van der Waals surface area (Å²) < 4.78 is 11.0. The van der Waals surface area contributed by atoms with Crippen LogP contribution in [0.25, 0.3) is 0 Å². The predicted octanol–water partition coefficient (Wildman–Crippen LogP) is -0.844. The molecule has 1 atom stereocenters. The lowest BCUT2D eigenvalue weighted by Crippen LogP contribution is -2.49. The Labute approximate surface area is 115 Å². The second kappa shape index (κ2) is 7.79. The molecule has 6 heteroatoms. The smallest absolute Gasteiger partial charge is 0.219 e. The van der Waals surface area contributed by atoms with Crippen molar-refractivity contribution in [3.63, 3.8) is 0 Å². The van der Waals surface area contributed by atoms with E-state index in [1.54, 1.807) is 6.92 Å². The van der Waals surface area contributed by atoms with Gasteiger partial charge in [-0.2, -0.15) is 0 Å². The molecule has 1 unspecified atom stereocenters. The van der Waals surface area contributed by atoms with Crippen LogP contribution < -0.4 is 5.32 Å². The fourth-order valence-corrected chi connectivity index (χ4v) is 2.45. The van der Waals surface area contributed by atoms with Crippen LogP contribution in [0.3, 0.4) is 0 Å². The number of amides is 1. The van der Waals surface area contributed by atoms with E-state index in [0.29, 0.717) is 6.54 Å². The zero-order valence-electron chi connectivity index (χ0n) is 11.8. The lowest BCUT2D eigenvalue weighted by atomic mass is 10.2. The van der Waals surface area contributed by atoms with Gasteiger partial charge in [0.1, 0.15) is 0 Å². The van der Waals surface area contributed by atoms with E-state index < -0.39 is 0 Å². The fraction of sp³-hybridized carbons (Fsp3) is 0.923. The minimum atomic E-state index is 0.127. The normalized spacial score (nSPS) is 25.2. The van der Waals surface area contributed by atoms with Gasteiger partial charge in [0.15, 0.2) is 0 Å². The van der Waals surface area contributed by atoms with Gasteiger partial charge in [-0.25, -0.2) is 0 Å². The predicted molar refractivity (Wildman–Crippen MR) is 72.1 cm³/mol. The van der Waals surface area contributed by atoms with Gasteiger partial charge >= 0.3 is 0 Å². The van der Waals surface area contributed by atoms with Crippen LogP contribution >= 0.6 is 0 Å². The monoisotopic (exact) mass is 271 g/mol. The minimum absolute atomic E-state index is 0.127. The minimum Gasteiger partial charge on any atom is -0.379 e. The number of nitrogens with zero attached hydrogens (tertiary/aromatic N) is 2. The Hall–Kier alpha value is -0.690. The number of carbonyl (C=O) groups is 1. The van der Waals surface area contributed by atoms with E-state index >= 15 is 0 Å². The van der Waals surface area contributed by atoms with Crippen LogP contribution in [0, 0.1) is 0 Å². The van der Waals surface area contributed by atoms with E-state index in [0.717, 1.165) is 59.1 Å². The van der Waals surface area contributed by atoms with Crippen LogP contribution in [0.1, 0.15) is 6.92 Å². The quantitative estimate of drug-likeness (QED) is 0.706. The summed E-state index contributed by atoms with van der Waals surface area (Å²) in [6, 6.07) is 0. The van der Waals surface area contributed by atoms with Gasteiger partial charge < -0.3 is 19.7 Å². The van der Waals surface area contributed by atoms with Crippen LogP contribution in [0.15, 0.2) is 0 Å². The molecule has 2 fully saturated rings. The highest BCUT2D eigenvalue weighted by molar-refractivity contribution is 5.73. The molecule has 0 bridgehead atoms. The van der Waals surface area contributed by atoms with Crippen LogP contribution in [-0.4, -0.2) is 87.4 Å². The van der Waals surface area contributed by atoms with Crippen molar-refractivity contribution in [2.45, 2.75) is 13.0 Å². The molecule has 2 aliphatic heterocycles. The number of rotatable bonds is 5. The summed E-state index contributed by atoms with van der Waals surface area (Å²) in [5.74, 6) is 0.127. The van der Waals surface area contributed by atoms with Gasteiger partial charge in [0, 0.05) is 52.7 Å². The Morgan fingerprint density at radius 2 is 2.16 bits per heavy atom. The zero-order valence-corrected chi connectivity index (χ0v) is 11.8. The molecule has 1 N–H and O–H groups in total. The van der Waals surface area contributed by atoms with Crippen LogP contribution in [0.5, 0.6) is 0 Å². The molecule has 0 aromatic heterocycles. The first kappa shape index (κ1) is 14.7. The lowest BCUT2D eigenvalue weighted by Gasteiger charge is -2.32. The van der Waals surface area contributed by atoms with Crippen molar-refractivity contribution in [2.24, 2.45) is 0 Å². The van der Waals surface area contributed by atoms with Gasteiger partial charge in [0.05, 0.1) is 25.9 Å². The Bertz CT molecular complexity index is 276. The molecule has 2 rings (SSSR count). The van der Waals surface area contributed by atoms with Crippen molar-refractivity contribution < 1.29 is 14.3 Å². The lowest BCUT2D eigenvalue weighted by molar-refractivity contribution is -0.131. The molecular formula is C13H25N3O3. The fourth-order valence-electron chi connectivity index (χ4n) is 2.45. The molecule has 2 heterocycles. The van der Waals surface area contributed by atoms with E-state index in [4.69, 9.17) is 9.47 Å². The third-order valence-corrected chi connectivity index (χ3v) is 3.66. The number of nitrogens with one attached hydrogen (secondary N) is 1. The molecule has 2 aliphatic rings. The number of ether oxygens (including phenoxy) is 2. The highest BCUT2D eigenvalue weighted by atomic mass is 16.5. The third-order valence-electron chi connectivity index (χ3n) is 3.66. The third kappa shape index (κ3) is 5.06. The molecule has 0 aromatic carbocycles. The Morgan fingerprint density at radius 1 is 1.37 bits per heavy atom. The standard InChI is InChI=1S/C13H25N3O3/c1-12(17)16(11-13-10-14-2-7-19-13)4-3-15-5-8-18-9-6-15/h13-14H,2-11H2,1H3. The molecule has 110 valence electrons. The Morgan fingerprint density at radius 3 is 2.79 bits per heavy atom. The van der Waals surface area contributed by atoms with E-state index in [-0.39, 0.29) is 12.0 Å². The summed E-state index contributed by atoms with van der Waals surface area (Å²) in [5, 5.41) is 3.29. The second-order valence-corrected chi connectivity index (χ2v) is 5.12. The van der Waals surface area contributed by atoms with Gasteiger partial charge in [-0.3, -0.25) is 9.69 Å². The van der Waals surface area contributed by atoms with Crippen molar-refractivity contribution in [1.29, 1.82) is 0 Å². The van der Waals surface area contributed by atoms with Crippen LogP contribution in [0.2, 0.25) is 0 Å². The molecule has 0 radical (unpaired) electrons. The largest absolute Gasteiger partial charge is 0.379 e. The van der Waals surface area contributed by atoms with Crippen molar-refractivity contribution in [2.75, 3.05) is 65.6 Å². The maximum atomic E-state index is 11.7. The maximum absolute atomic E-state index is 11.7. The Balaban J connectivity index is 1.73. The average molecular weight is 271 g/mol. The molecule has 19 heavy (non-hydrogen) atoms. The topological polar surface area (TPSA) is 54.0 Å². The molecule has 2 saturated heterocycles. The summed E-state index contributed by atoms with van der Waals surface area (Å²) in [4.78, 5) is 15.9. The number of carbonyl (C=O) groups excluding carboxylic acids is 1.